The van der Waals surface area contributed by atoms with Crippen LogP contribution in [0.5, 0.6) is 11.5 Å². The number of hydrogen-bond donors (Lipinski definition) is 1. The molecule has 4 rings (SSSR count). The van der Waals surface area contributed by atoms with Gasteiger partial charge >= 0.3 is 11.3 Å². The summed E-state index contributed by atoms with van der Waals surface area (Å²) in [5.41, 5.74) is 2.05. The first-order chi connectivity index (χ1) is 15.0. The summed E-state index contributed by atoms with van der Waals surface area (Å²) in [4.78, 5) is 30.9. The summed E-state index contributed by atoms with van der Waals surface area (Å²) in [5.74, 6) is 0.905. The van der Waals surface area contributed by atoms with Gasteiger partial charge in [0.2, 0.25) is 11.1 Å². The van der Waals surface area contributed by atoms with Gasteiger partial charge < -0.3 is 9.47 Å². The average Bonchev–Trinajstić information content (AvgIpc) is 2.81. The van der Waals surface area contributed by atoms with Gasteiger partial charge in [0.05, 0.1) is 31.0 Å². The molecule has 9 heteroatoms. The Kier molecular flexibility index (Phi) is 5.69. The Labute approximate surface area is 183 Å². The number of carbonyl (C=O) groups excluding carboxylic acids is 1. The predicted molar refractivity (Wildman–Crippen MR) is 118 cm³/mol. The number of amides is 1. The minimum Gasteiger partial charge on any atom is -0.493 e. The van der Waals surface area contributed by atoms with Crippen LogP contribution in [0.3, 0.4) is 0 Å². The van der Waals surface area contributed by atoms with Gasteiger partial charge in [0.15, 0.2) is 11.5 Å². The normalized spacial score (nSPS) is 14.6. The number of rotatable bonds is 5. The standard InChI is InChI=1S/C22H22N4O4S/c1-5-17(27)25-15-11-7-6-9-13(15)18-20(28)23-22(31-4)24-26(18)21(25)14-10-8-12-16(29-2)19(14)30-3/h6-12,21H,5H2,1-4H3/p+1. The highest BCUT2D eigenvalue weighted by Crippen LogP contribution is 2.42. The van der Waals surface area contributed by atoms with Crippen LogP contribution in [0.25, 0.3) is 11.3 Å². The molecule has 160 valence electrons. The van der Waals surface area contributed by atoms with Crippen LogP contribution < -0.4 is 24.6 Å². The van der Waals surface area contributed by atoms with Gasteiger partial charge in [-0.3, -0.25) is 14.6 Å². The van der Waals surface area contributed by atoms with E-state index in [2.05, 4.69) is 10.1 Å². The zero-order valence-corrected chi connectivity index (χ0v) is 18.5. The third-order valence-corrected chi connectivity index (χ3v) is 5.80. The van der Waals surface area contributed by atoms with Crippen LogP contribution in [0.4, 0.5) is 5.69 Å². The first-order valence-electron chi connectivity index (χ1n) is 9.78. The number of carbonyl (C=O) groups is 1. The number of nitrogens with zero attached hydrogens (tertiary/aromatic N) is 3. The number of thioether (sulfide) groups is 1. The summed E-state index contributed by atoms with van der Waals surface area (Å²) in [6.07, 6.45) is 1.39. The Balaban J connectivity index is 2.12. The van der Waals surface area contributed by atoms with Gasteiger partial charge in [0.1, 0.15) is 0 Å². The molecule has 0 radical (unpaired) electrons. The van der Waals surface area contributed by atoms with Gasteiger partial charge in [0, 0.05) is 11.5 Å². The van der Waals surface area contributed by atoms with E-state index in [0.717, 1.165) is 0 Å². The zero-order valence-electron chi connectivity index (χ0n) is 17.7. The van der Waals surface area contributed by atoms with E-state index in [-0.39, 0.29) is 17.9 Å². The van der Waals surface area contributed by atoms with E-state index >= 15 is 0 Å². The molecule has 3 aromatic rings. The van der Waals surface area contributed by atoms with Gasteiger partial charge in [0.25, 0.3) is 6.17 Å². The maximum atomic E-state index is 13.2. The summed E-state index contributed by atoms with van der Waals surface area (Å²) < 4.78 is 12.8. The number of anilines is 1. The van der Waals surface area contributed by atoms with Crippen molar-refractivity contribution < 1.29 is 19.0 Å². The van der Waals surface area contributed by atoms with Crippen molar-refractivity contribution in [1.82, 2.24) is 10.1 Å². The molecule has 2 aromatic carbocycles. The number of aromatic nitrogens is 3. The molecule has 1 aliphatic heterocycles. The van der Waals surface area contributed by atoms with E-state index < -0.39 is 6.17 Å². The maximum absolute atomic E-state index is 13.2. The zero-order chi connectivity index (χ0) is 22.1. The number of nitrogens with one attached hydrogen (secondary N) is 1. The second kappa shape index (κ2) is 8.43. The molecule has 1 aromatic heterocycles. The monoisotopic (exact) mass is 439 g/mol. The lowest BCUT2D eigenvalue weighted by atomic mass is 10.0. The molecule has 8 nitrogen and oxygen atoms in total. The molecule has 2 heterocycles. The van der Waals surface area contributed by atoms with Crippen molar-refractivity contribution in [3.63, 3.8) is 0 Å². The number of para-hydroxylation sites is 2. The van der Waals surface area contributed by atoms with E-state index in [4.69, 9.17) is 9.47 Å². The number of methoxy groups -OCH3 is 2. The number of H-pyrrole nitrogens is 1. The molecule has 1 atom stereocenters. The van der Waals surface area contributed by atoms with Crippen LogP contribution in [0.15, 0.2) is 52.4 Å². The molecule has 1 N–H and O–H groups in total. The molecule has 0 saturated carbocycles. The van der Waals surface area contributed by atoms with Crippen molar-refractivity contribution in [2.45, 2.75) is 24.7 Å². The topological polar surface area (TPSA) is 88.4 Å². The summed E-state index contributed by atoms with van der Waals surface area (Å²) in [6, 6.07) is 12.8. The summed E-state index contributed by atoms with van der Waals surface area (Å²) >= 11 is 1.32. The van der Waals surface area contributed by atoms with Crippen molar-refractivity contribution in [2.24, 2.45) is 0 Å². The Hall–Kier alpha value is -3.33. The summed E-state index contributed by atoms with van der Waals surface area (Å²) in [6.45, 7) is 1.81. The van der Waals surface area contributed by atoms with Crippen LogP contribution in [0.2, 0.25) is 0 Å². The Bertz CT molecular complexity index is 1210. The quantitative estimate of drug-likeness (QED) is 0.486. The van der Waals surface area contributed by atoms with Gasteiger partial charge in [-0.2, -0.15) is 0 Å². The van der Waals surface area contributed by atoms with Gasteiger partial charge in [-0.25, -0.2) is 4.90 Å². The smallest absolute Gasteiger partial charge is 0.325 e. The van der Waals surface area contributed by atoms with Crippen molar-refractivity contribution in [2.75, 3.05) is 25.4 Å². The molecule has 0 bridgehead atoms. The van der Waals surface area contributed by atoms with Crippen molar-refractivity contribution >= 4 is 23.4 Å². The Morgan fingerprint density at radius 1 is 1.19 bits per heavy atom. The van der Waals surface area contributed by atoms with Gasteiger partial charge in [-0.15, -0.1) is 0 Å². The highest BCUT2D eigenvalue weighted by molar-refractivity contribution is 7.98. The Morgan fingerprint density at radius 2 is 1.97 bits per heavy atom. The molecular formula is C22H23N4O4S+. The molecule has 0 fully saturated rings. The van der Waals surface area contributed by atoms with E-state index in [0.29, 0.717) is 39.2 Å². The highest BCUT2D eigenvalue weighted by Gasteiger charge is 2.46. The van der Waals surface area contributed by atoms with Crippen LogP contribution in [-0.4, -0.2) is 36.5 Å². The molecule has 0 saturated heterocycles. The first kappa shape index (κ1) is 20.9. The lowest BCUT2D eigenvalue weighted by Gasteiger charge is -2.32. The van der Waals surface area contributed by atoms with Crippen LogP contribution in [0.1, 0.15) is 25.1 Å². The molecule has 0 spiro atoms. The first-order valence-corrected chi connectivity index (χ1v) is 11.0. The number of hydrogen-bond acceptors (Lipinski definition) is 6. The molecule has 31 heavy (non-hydrogen) atoms. The molecule has 0 aliphatic carbocycles. The van der Waals surface area contributed by atoms with Crippen LogP contribution >= 0.6 is 11.8 Å². The van der Waals surface area contributed by atoms with Crippen LogP contribution in [0, 0.1) is 0 Å². The SMILES string of the molecule is CCC(=O)N1c2ccccc2-c2c(=O)[nH]c(SC)n[n+]2C1c1cccc(OC)c1OC. The van der Waals surface area contributed by atoms with E-state index in [1.165, 1.54) is 11.8 Å². The lowest BCUT2D eigenvalue weighted by Crippen LogP contribution is -2.60. The van der Waals surface area contributed by atoms with Crippen molar-refractivity contribution in [3.05, 3.63) is 58.4 Å². The van der Waals surface area contributed by atoms with E-state index in [1.807, 2.05) is 49.6 Å². The summed E-state index contributed by atoms with van der Waals surface area (Å²) in [5, 5.41) is 5.13. The molecule has 1 aliphatic rings. The van der Waals surface area contributed by atoms with E-state index in [1.54, 1.807) is 29.9 Å². The largest absolute Gasteiger partial charge is 0.493 e. The van der Waals surface area contributed by atoms with Gasteiger partial charge in [-0.1, -0.05) is 36.9 Å². The fourth-order valence-electron chi connectivity index (χ4n) is 3.90. The number of benzene rings is 2. The molecule has 1 unspecified atom stereocenters. The molecule has 1 amide bonds. The van der Waals surface area contributed by atoms with Crippen molar-refractivity contribution in [3.8, 4) is 22.8 Å². The summed E-state index contributed by atoms with van der Waals surface area (Å²) in [7, 11) is 3.11. The minimum atomic E-state index is -0.726. The predicted octanol–water partition coefficient (Wildman–Crippen LogP) is 2.77. The third-order valence-electron chi connectivity index (χ3n) is 5.23. The van der Waals surface area contributed by atoms with Gasteiger partial charge in [-0.05, 0) is 35.2 Å². The lowest BCUT2D eigenvalue weighted by molar-refractivity contribution is -0.763. The number of fused-ring (bicyclic) bond motifs is 3. The second-order valence-corrected chi connectivity index (χ2v) is 7.64. The number of aromatic amines is 1. The maximum Gasteiger partial charge on any atom is 0.325 e. The molecular weight excluding hydrogens is 416 g/mol. The van der Waals surface area contributed by atoms with Crippen LogP contribution in [-0.2, 0) is 4.79 Å². The fourth-order valence-corrected chi connectivity index (χ4v) is 4.26. The number of ether oxygens (including phenoxy) is 2. The average molecular weight is 440 g/mol. The fraction of sp³-hybridized carbons (Fsp3) is 0.273. The van der Waals surface area contributed by atoms with E-state index in [9.17, 15) is 9.59 Å². The second-order valence-electron chi connectivity index (χ2n) is 6.85. The Morgan fingerprint density at radius 3 is 2.65 bits per heavy atom. The van der Waals surface area contributed by atoms with Crippen molar-refractivity contribution in [1.29, 1.82) is 0 Å². The minimum absolute atomic E-state index is 0.103. The third kappa shape index (κ3) is 3.34. The highest BCUT2D eigenvalue weighted by atomic mass is 32.2.